The van der Waals surface area contributed by atoms with Gasteiger partial charge in [0.2, 0.25) is 0 Å². The van der Waals surface area contributed by atoms with Gasteiger partial charge in [-0.05, 0) is 37.5 Å². The van der Waals surface area contributed by atoms with Crippen LogP contribution in [-0.2, 0) is 6.42 Å². The minimum atomic E-state index is -0.771. The summed E-state index contributed by atoms with van der Waals surface area (Å²) < 4.78 is -0.771. The van der Waals surface area contributed by atoms with Crippen LogP contribution >= 0.6 is 27.5 Å². The van der Waals surface area contributed by atoms with Gasteiger partial charge in [0.05, 0.1) is 0 Å². The molecule has 1 N–H and O–H groups in total. The standard InChI is InChI=1S/C10H12BrClO/c1-10(11,13)7-6-8-2-4-9(12)5-3-8/h2-5,13H,6-7H2,1H3. The fraction of sp³-hybridized carbons (Fsp3) is 0.400. The smallest absolute Gasteiger partial charge is 0.117 e. The second kappa shape index (κ2) is 4.45. The van der Waals surface area contributed by atoms with Crippen molar-refractivity contribution in [1.29, 1.82) is 0 Å². The minimum Gasteiger partial charge on any atom is -0.379 e. The van der Waals surface area contributed by atoms with E-state index in [1.54, 1.807) is 6.92 Å². The Morgan fingerprint density at radius 3 is 2.38 bits per heavy atom. The second-order valence-electron chi connectivity index (χ2n) is 3.27. The van der Waals surface area contributed by atoms with Crippen molar-refractivity contribution in [3.63, 3.8) is 0 Å². The molecule has 0 aliphatic carbocycles. The molecule has 1 rings (SSSR count). The fourth-order valence-electron chi connectivity index (χ4n) is 1.02. The molecule has 0 radical (unpaired) electrons. The van der Waals surface area contributed by atoms with E-state index in [-0.39, 0.29) is 0 Å². The summed E-state index contributed by atoms with van der Waals surface area (Å²) in [5.41, 5.74) is 1.18. The van der Waals surface area contributed by atoms with Gasteiger partial charge < -0.3 is 5.11 Å². The van der Waals surface area contributed by atoms with Gasteiger partial charge in [0.25, 0.3) is 0 Å². The Balaban J connectivity index is 2.51. The zero-order chi connectivity index (χ0) is 9.90. The van der Waals surface area contributed by atoms with Crippen LogP contribution in [0.3, 0.4) is 0 Å². The summed E-state index contributed by atoms with van der Waals surface area (Å²) in [5.74, 6) is 0. The number of rotatable bonds is 3. The lowest BCUT2D eigenvalue weighted by Crippen LogP contribution is -2.14. The van der Waals surface area contributed by atoms with Crippen LogP contribution in [0.5, 0.6) is 0 Å². The molecule has 0 aliphatic rings. The first-order valence-electron chi connectivity index (χ1n) is 4.13. The zero-order valence-corrected chi connectivity index (χ0v) is 9.77. The van der Waals surface area contributed by atoms with Gasteiger partial charge >= 0.3 is 0 Å². The first-order valence-corrected chi connectivity index (χ1v) is 5.30. The Morgan fingerprint density at radius 1 is 1.38 bits per heavy atom. The van der Waals surface area contributed by atoms with Crippen LogP contribution < -0.4 is 0 Å². The number of halogens is 2. The summed E-state index contributed by atoms with van der Waals surface area (Å²) >= 11 is 8.92. The van der Waals surface area contributed by atoms with Crippen LogP contribution in [-0.4, -0.2) is 9.62 Å². The van der Waals surface area contributed by atoms with Gasteiger partial charge in [-0.2, -0.15) is 0 Å². The van der Waals surface area contributed by atoms with Gasteiger partial charge in [-0.15, -0.1) is 0 Å². The lowest BCUT2D eigenvalue weighted by atomic mass is 10.1. The van der Waals surface area contributed by atoms with Crippen LogP contribution in [0.1, 0.15) is 18.9 Å². The minimum absolute atomic E-state index is 0.689. The van der Waals surface area contributed by atoms with Crippen molar-refractivity contribution in [2.75, 3.05) is 0 Å². The molecule has 0 aromatic heterocycles. The summed E-state index contributed by atoms with van der Waals surface area (Å²) in [6.45, 7) is 1.74. The first kappa shape index (κ1) is 11.0. The Kier molecular flexibility index (Phi) is 3.77. The van der Waals surface area contributed by atoms with Crippen molar-refractivity contribution >= 4 is 27.5 Å². The molecule has 0 spiro atoms. The van der Waals surface area contributed by atoms with E-state index < -0.39 is 4.51 Å². The van der Waals surface area contributed by atoms with E-state index in [0.717, 1.165) is 11.4 Å². The molecule has 1 aromatic carbocycles. The topological polar surface area (TPSA) is 20.2 Å². The molecule has 0 bridgehead atoms. The van der Waals surface area contributed by atoms with Gasteiger partial charge in [0, 0.05) is 5.02 Å². The maximum atomic E-state index is 9.42. The molecule has 0 saturated heterocycles. The number of aryl methyl sites for hydroxylation is 1. The highest BCUT2D eigenvalue weighted by Gasteiger charge is 2.13. The van der Waals surface area contributed by atoms with Gasteiger partial charge in [0.15, 0.2) is 0 Å². The highest BCUT2D eigenvalue weighted by atomic mass is 79.9. The average Bonchev–Trinajstić information content (AvgIpc) is 2.02. The van der Waals surface area contributed by atoms with Crippen molar-refractivity contribution in [3.8, 4) is 0 Å². The van der Waals surface area contributed by atoms with E-state index in [2.05, 4.69) is 15.9 Å². The molecular weight excluding hydrogens is 251 g/mol. The van der Waals surface area contributed by atoms with Crippen molar-refractivity contribution < 1.29 is 5.11 Å². The number of hydrogen-bond donors (Lipinski definition) is 1. The predicted molar refractivity (Wildman–Crippen MR) is 59.3 cm³/mol. The van der Waals surface area contributed by atoms with E-state index in [0.29, 0.717) is 6.42 Å². The molecule has 1 aromatic rings. The largest absolute Gasteiger partial charge is 0.379 e. The molecule has 0 amide bonds. The van der Waals surface area contributed by atoms with Crippen molar-refractivity contribution in [3.05, 3.63) is 34.9 Å². The summed E-state index contributed by atoms with van der Waals surface area (Å²) in [7, 11) is 0. The van der Waals surface area contributed by atoms with Crippen LogP contribution in [0.25, 0.3) is 0 Å². The van der Waals surface area contributed by atoms with E-state index in [1.165, 1.54) is 5.56 Å². The lowest BCUT2D eigenvalue weighted by Gasteiger charge is -2.14. The van der Waals surface area contributed by atoms with Crippen LogP contribution in [0.15, 0.2) is 24.3 Å². The Bertz CT molecular complexity index is 263. The Hall–Kier alpha value is -0.0500. The summed E-state index contributed by atoms with van der Waals surface area (Å²) in [6, 6.07) is 7.67. The highest BCUT2D eigenvalue weighted by molar-refractivity contribution is 9.10. The normalized spacial score (nSPS) is 15.4. The predicted octanol–water partition coefficient (Wildman–Crippen LogP) is 3.38. The summed E-state index contributed by atoms with van der Waals surface area (Å²) in [4.78, 5) is 0. The van der Waals surface area contributed by atoms with Gasteiger partial charge in [-0.1, -0.05) is 39.7 Å². The van der Waals surface area contributed by atoms with Crippen LogP contribution in [0, 0.1) is 0 Å². The van der Waals surface area contributed by atoms with Crippen molar-refractivity contribution in [2.24, 2.45) is 0 Å². The number of aliphatic hydroxyl groups is 1. The highest BCUT2D eigenvalue weighted by Crippen LogP contribution is 2.20. The van der Waals surface area contributed by atoms with E-state index in [9.17, 15) is 5.11 Å². The van der Waals surface area contributed by atoms with E-state index >= 15 is 0 Å². The SMILES string of the molecule is CC(O)(Br)CCc1ccc(Cl)cc1. The zero-order valence-electron chi connectivity index (χ0n) is 7.43. The number of benzene rings is 1. The lowest BCUT2D eigenvalue weighted by molar-refractivity contribution is 0.156. The van der Waals surface area contributed by atoms with Crippen LogP contribution in [0.4, 0.5) is 0 Å². The molecule has 0 fully saturated rings. The maximum Gasteiger partial charge on any atom is 0.117 e. The number of hydrogen-bond acceptors (Lipinski definition) is 1. The monoisotopic (exact) mass is 262 g/mol. The Labute approximate surface area is 91.9 Å². The van der Waals surface area contributed by atoms with Crippen molar-refractivity contribution in [1.82, 2.24) is 0 Å². The second-order valence-corrected chi connectivity index (χ2v) is 5.41. The Morgan fingerprint density at radius 2 is 1.92 bits per heavy atom. The molecule has 0 saturated carbocycles. The number of alkyl halides is 1. The molecule has 3 heteroatoms. The van der Waals surface area contributed by atoms with Gasteiger partial charge in [0.1, 0.15) is 4.51 Å². The molecule has 0 aliphatic heterocycles. The molecule has 0 heterocycles. The third-order valence-corrected chi connectivity index (χ3v) is 2.43. The summed E-state index contributed by atoms with van der Waals surface area (Å²) in [6.07, 6.45) is 1.53. The van der Waals surface area contributed by atoms with Gasteiger partial charge in [-0.3, -0.25) is 0 Å². The molecule has 72 valence electrons. The van der Waals surface area contributed by atoms with E-state index in [1.807, 2.05) is 24.3 Å². The quantitative estimate of drug-likeness (QED) is 0.829. The molecule has 13 heavy (non-hydrogen) atoms. The van der Waals surface area contributed by atoms with E-state index in [4.69, 9.17) is 11.6 Å². The van der Waals surface area contributed by atoms with Crippen molar-refractivity contribution in [2.45, 2.75) is 24.3 Å². The molecule has 1 atom stereocenters. The third kappa shape index (κ3) is 4.65. The van der Waals surface area contributed by atoms with Crippen LogP contribution in [0.2, 0.25) is 5.02 Å². The maximum absolute atomic E-state index is 9.42. The summed E-state index contributed by atoms with van der Waals surface area (Å²) in [5, 5.41) is 10.2. The third-order valence-electron chi connectivity index (χ3n) is 1.78. The van der Waals surface area contributed by atoms with Gasteiger partial charge in [-0.25, -0.2) is 0 Å². The fourth-order valence-corrected chi connectivity index (χ4v) is 1.35. The molecular formula is C10H12BrClO. The molecule has 1 nitrogen and oxygen atoms in total. The molecule has 1 unspecified atom stereocenters. The average molecular weight is 264 g/mol. The first-order chi connectivity index (χ1) is 5.97.